The second-order valence-corrected chi connectivity index (χ2v) is 14.1. The summed E-state index contributed by atoms with van der Waals surface area (Å²) in [6.45, 7) is 0. The van der Waals surface area contributed by atoms with Crippen LogP contribution in [-0.2, 0) is 0 Å². The highest BCUT2D eigenvalue weighted by Crippen LogP contribution is 2.43. The Morgan fingerprint density at radius 3 is 1.72 bits per heavy atom. The van der Waals surface area contributed by atoms with Crippen molar-refractivity contribution >= 4 is 82.1 Å². The van der Waals surface area contributed by atoms with Crippen LogP contribution in [0.5, 0.6) is 0 Å². The van der Waals surface area contributed by atoms with Crippen molar-refractivity contribution < 1.29 is 4.42 Å². The Hall–Kier alpha value is -7.16. The molecular formula is C52H33NO. The Labute approximate surface area is 312 Å². The number of rotatable bonds is 5. The fourth-order valence-electron chi connectivity index (χ4n) is 8.43. The van der Waals surface area contributed by atoms with Crippen LogP contribution in [0.3, 0.4) is 0 Å². The summed E-state index contributed by atoms with van der Waals surface area (Å²) in [5.74, 6) is 0. The van der Waals surface area contributed by atoms with E-state index < -0.39 is 0 Å². The average Bonchev–Trinajstić information content (AvgIpc) is 3.63. The van der Waals surface area contributed by atoms with Crippen molar-refractivity contribution in [2.45, 2.75) is 0 Å². The van der Waals surface area contributed by atoms with Crippen LogP contribution in [0.25, 0.3) is 87.3 Å². The molecule has 0 N–H and O–H groups in total. The van der Waals surface area contributed by atoms with Crippen molar-refractivity contribution in [3.05, 3.63) is 200 Å². The molecular weight excluding hydrogens is 655 g/mol. The fourth-order valence-corrected chi connectivity index (χ4v) is 8.43. The molecule has 0 aliphatic rings. The summed E-state index contributed by atoms with van der Waals surface area (Å²) < 4.78 is 6.53. The third kappa shape index (κ3) is 4.88. The topological polar surface area (TPSA) is 16.4 Å². The van der Waals surface area contributed by atoms with E-state index in [9.17, 15) is 0 Å². The second kappa shape index (κ2) is 12.2. The summed E-state index contributed by atoms with van der Waals surface area (Å²) in [7, 11) is 0. The van der Waals surface area contributed by atoms with Gasteiger partial charge in [-0.25, -0.2) is 0 Å². The highest BCUT2D eigenvalue weighted by atomic mass is 16.3. The Morgan fingerprint density at radius 2 is 0.926 bits per heavy atom. The minimum atomic E-state index is 0.883. The van der Waals surface area contributed by atoms with Gasteiger partial charge in [0.05, 0.1) is 0 Å². The average molecular weight is 688 g/mol. The Kier molecular flexibility index (Phi) is 6.90. The maximum Gasteiger partial charge on any atom is 0.143 e. The van der Waals surface area contributed by atoms with Crippen LogP contribution in [0.4, 0.5) is 17.1 Å². The van der Waals surface area contributed by atoms with Gasteiger partial charge in [0.15, 0.2) is 0 Å². The number of anilines is 3. The molecule has 0 radical (unpaired) electrons. The number of furan rings is 1. The zero-order chi connectivity index (χ0) is 35.6. The minimum Gasteiger partial charge on any atom is -0.455 e. The lowest BCUT2D eigenvalue weighted by atomic mass is 9.90. The van der Waals surface area contributed by atoms with Crippen LogP contribution in [0.2, 0.25) is 0 Å². The van der Waals surface area contributed by atoms with Crippen LogP contribution in [0.1, 0.15) is 0 Å². The zero-order valence-electron chi connectivity index (χ0n) is 29.4. The molecule has 54 heavy (non-hydrogen) atoms. The molecule has 10 aromatic carbocycles. The first-order valence-corrected chi connectivity index (χ1v) is 18.5. The van der Waals surface area contributed by atoms with Gasteiger partial charge >= 0.3 is 0 Å². The molecule has 11 rings (SSSR count). The number of nitrogens with zero attached hydrogens (tertiary/aromatic N) is 1. The van der Waals surface area contributed by atoms with Crippen molar-refractivity contribution in [2.75, 3.05) is 4.90 Å². The van der Waals surface area contributed by atoms with Crippen LogP contribution >= 0.6 is 0 Å². The molecule has 0 spiro atoms. The largest absolute Gasteiger partial charge is 0.455 e. The van der Waals surface area contributed by atoms with Gasteiger partial charge in [-0.1, -0.05) is 146 Å². The summed E-state index contributed by atoms with van der Waals surface area (Å²) in [6.07, 6.45) is 0. The summed E-state index contributed by atoms with van der Waals surface area (Å²) in [5, 5.41) is 12.2. The molecule has 0 amide bonds. The molecule has 1 aromatic heterocycles. The smallest absolute Gasteiger partial charge is 0.143 e. The summed E-state index contributed by atoms with van der Waals surface area (Å²) in [6, 6.07) is 72.3. The first-order chi connectivity index (χ1) is 26.8. The van der Waals surface area contributed by atoms with E-state index in [1.54, 1.807) is 0 Å². The SMILES string of the molecule is c1ccc(-c2cccc(N(c3ccc(-c4cc5ccccc5c5c4ccc4ccccc45)cc3)c3ccc4oc5c6ccccc6ccc5c4c3)c2)cc1. The minimum absolute atomic E-state index is 0.883. The van der Waals surface area contributed by atoms with Gasteiger partial charge in [0, 0.05) is 33.2 Å². The first-order valence-electron chi connectivity index (χ1n) is 18.5. The Balaban J connectivity index is 1.09. The van der Waals surface area contributed by atoms with E-state index in [1.807, 2.05) is 0 Å². The molecule has 2 heteroatoms. The van der Waals surface area contributed by atoms with E-state index in [0.717, 1.165) is 44.4 Å². The third-order valence-corrected chi connectivity index (χ3v) is 11.0. The van der Waals surface area contributed by atoms with Crippen molar-refractivity contribution in [3.63, 3.8) is 0 Å². The lowest BCUT2D eigenvalue weighted by Gasteiger charge is -2.26. The van der Waals surface area contributed by atoms with Gasteiger partial charge in [-0.2, -0.15) is 0 Å². The lowest BCUT2D eigenvalue weighted by Crippen LogP contribution is -2.10. The van der Waals surface area contributed by atoms with Crippen molar-refractivity contribution in [1.29, 1.82) is 0 Å². The van der Waals surface area contributed by atoms with Crippen molar-refractivity contribution in [1.82, 2.24) is 0 Å². The van der Waals surface area contributed by atoms with E-state index in [1.165, 1.54) is 60.0 Å². The van der Waals surface area contributed by atoms with Gasteiger partial charge in [-0.15, -0.1) is 0 Å². The summed E-state index contributed by atoms with van der Waals surface area (Å²) in [5.41, 5.74) is 9.83. The number of hydrogen-bond acceptors (Lipinski definition) is 2. The van der Waals surface area contributed by atoms with Gasteiger partial charge in [0.25, 0.3) is 0 Å². The summed E-state index contributed by atoms with van der Waals surface area (Å²) >= 11 is 0. The normalized spacial score (nSPS) is 11.7. The number of benzene rings is 10. The van der Waals surface area contributed by atoms with E-state index in [4.69, 9.17) is 4.42 Å². The molecule has 0 saturated heterocycles. The van der Waals surface area contributed by atoms with Gasteiger partial charge < -0.3 is 9.32 Å². The van der Waals surface area contributed by atoms with E-state index in [0.29, 0.717) is 0 Å². The second-order valence-electron chi connectivity index (χ2n) is 14.1. The van der Waals surface area contributed by atoms with Crippen molar-refractivity contribution in [3.8, 4) is 22.3 Å². The zero-order valence-corrected chi connectivity index (χ0v) is 29.4. The van der Waals surface area contributed by atoms with Gasteiger partial charge in [-0.3, -0.25) is 0 Å². The predicted molar refractivity (Wildman–Crippen MR) is 229 cm³/mol. The van der Waals surface area contributed by atoms with Gasteiger partial charge in [0.2, 0.25) is 0 Å². The molecule has 0 atom stereocenters. The van der Waals surface area contributed by atoms with E-state index in [-0.39, 0.29) is 0 Å². The molecule has 0 bridgehead atoms. The standard InChI is InChI=1S/C52H33NO/c1-2-11-34(12-3-1)38-16-10-17-41(31-38)53(42-27-30-50-49(33-42)47-29-24-36-14-5-9-20-45(36)52(47)54-50)40-25-21-37(22-26-40)48-32-39-15-6-8-19-44(39)51-43-18-7-4-13-35(43)23-28-46(48)51/h1-33H. The predicted octanol–water partition coefficient (Wildman–Crippen LogP) is 15.0. The van der Waals surface area contributed by atoms with Crippen LogP contribution < -0.4 is 4.90 Å². The molecule has 2 nitrogen and oxygen atoms in total. The van der Waals surface area contributed by atoms with E-state index >= 15 is 0 Å². The Bertz CT molecular complexity index is 3200. The number of fused-ring (bicyclic) bond motifs is 10. The van der Waals surface area contributed by atoms with Crippen LogP contribution in [0, 0.1) is 0 Å². The molecule has 1 heterocycles. The lowest BCUT2D eigenvalue weighted by molar-refractivity contribution is 0.672. The highest BCUT2D eigenvalue weighted by molar-refractivity contribution is 6.24. The maximum absolute atomic E-state index is 6.53. The quantitative estimate of drug-likeness (QED) is 0.168. The maximum atomic E-state index is 6.53. The molecule has 0 fully saturated rings. The van der Waals surface area contributed by atoms with E-state index in [2.05, 4.69) is 205 Å². The molecule has 252 valence electrons. The highest BCUT2D eigenvalue weighted by Gasteiger charge is 2.18. The van der Waals surface area contributed by atoms with Crippen molar-refractivity contribution in [2.24, 2.45) is 0 Å². The fraction of sp³-hybridized carbons (Fsp3) is 0. The van der Waals surface area contributed by atoms with Crippen LogP contribution in [-0.4, -0.2) is 0 Å². The molecule has 0 unspecified atom stereocenters. The molecule has 0 aliphatic carbocycles. The third-order valence-electron chi connectivity index (χ3n) is 11.0. The van der Waals surface area contributed by atoms with Gasteiger partial charge in [0.1, 0.15) is 11.2 Å². The van der Waals surface area contributed by atoms with Gasteiger partial charge in [-0.05, 0) is 115 Å². The Morgan fingerprint density at radius 1 is 0.315 bits per heavy atom. The molecule has 0 saturated carbocycles. The molecule has 0 aliphatic heterocycles. The monoisotopic (exact) mass is 687 g/mol. The first kappa shape index (κ1) is 30.5. The van der Waals surface area contributed by atoms with Crippen LogP contribution in [0.15, 0.2) is 205 Å². The number of hydrogen-bond donors (Lipinski definition) is 0. The summed E-state index contributed by atoms with van der Waals surface area (Å²) in [4.78, 5) is 2.36. The molecule has 11 aromatic rings.